The van der Waals surface area contributed by atoms with Crippen LogP contribution in [-0.4, -0.2) is 19.2 Å². The lowest BCUT2D eigenvalue weighted by Crippen LogP contribution is -2.23. The van der Waals surface area contributed by atoms with E-state index in [0.717, 1.165) is 6.42 Å². The van der Waals surface area contributed by atoms with Gasteiger partial charge in [-0.3, -0.25) is 9.79 Å². The molecule has 1 amide bonds. The summed E-state index contributed by atoms with van der Waals surface area (Å²) in [5.41, 5.74) is 1.34. The van der Waals surface area contributed by atoms with Crippen LogP contribution in [0.15, 0.2) is 29.3 Å². The van der Waals surface area contributed by atoms with Gasteiger partial charge in [-0.05, 0) is 31.3 Å². The number of aliphatic imine (C=N–C) groups is 1. The van der Waals surface area contributed by atoms with E-state index < -0.39 is 0 Å². The van der Waals surface area contributed by atoms with E-state index in [4.69, 9.17) is 0 Å². The summed E-state index contributed by atoms with van der Waals surface area (Å²) >= 11 is 0. The third kappa shape index (κ3) is 2.69. The summed E-state index contributed by atoms with van der Waals surface area (Å²) in [6.45, 7) is 6.13. The molecule has 0 aliphatic heterocycles. The number of nitrogens with zero attached hydrogens (tertiary/aromatic N) is 1. The number of hydrogen-bond acceptors (Lipinski definition) is 2. The van der Waals surface area contributed by atoms with Gasteiger partial charge in [-0.2, -0.15) is 0 Å². The van der Waals surface area contributed by atoms with Crippen molar-refractivity contribution in [1.82, 2.24) is 5.32 Å². The molecule has 0 heterocycles. The van der Waals surface area contributed by atoms with Crippen molar-refractivity contribution in [2.24, 2.45) is 4.99 Å². The van der Waals surface area contributed by atoms with E-state index in [1.54, 1.807) is 18.2 Å². The molecule has 74 valence electrons. The summed E-state index contributed by atoms with van der Waals surface area (Å²) < 4.78 is 0. The summed E-state index contributed by atoms with van der Waals surface area (Å²) in [4.78, 5) is 15.3. The Morgan fingerprint density at radius 3 is 3.00 bits per heavy atom. The van der Waals surface area contributed by atoms with Crippen LogP contribution < -0.4 is 5.32 Å². The van der Waals surface area contributed by atoms with Gasteiger partial charge in [0, 0.05) is 12.1 Å². The molecular formula is C11H14N2O. The lowest BCUT2D eigenvalue weighted by Gasteiger charge is -2.03. The molecule has 0 aliphatic carbocycles. The highest BCUT2D eigenvalue weighted by Crippen LogP contribution is 2.12. The summed E-state index contributed by atoms with van der Waals surface area (Å²) in [5, 5.41) is 2.80. The maximum atomic E-state index is 11.5. The molecule has 3 nitrogen and oxygen atoms in total. The van der Waals surface area contributed by atoms with Crippen LogP contribution in [0.25, 0.3) is 0 Å². The van der Waals surface area contributed by atoms with Crippen LogP contribution in [-0.2, 0) is 0 Å². The number of benzene rings is 1. The Bertz CT molecular complexity index is 334. The van der Waals surface area contributed by atoms with Crippen molar-refractivity contribution in [3.05, 3.63) is 29.8 Å². The summed E-state index contributed by atoms with van der Waals surface area (Å²) in [7, 11) is 0. The molecule has 0 aliphatic rings. The molecule has 1 aromatic rings. The predicted molar refractivity (Wildman–Crippen MR) is 58.3 cm³/mol. The number of nitrogens with one attached hydrogen (secondary N) is 1. The predicted octanol–water partition coefficient (Wildman–Crippen LogP) is 2.16. The Morgan fingerprint density at radius 1 is 1.57 bits per heavy atom. The molecular weight excluding hydrogens is 176 g/mol. The van der Waals surface area contributed by atoms with Crippen molar-refractivity contribution < 1.29 is 4.79 Å². The molecule has 14 heavy (non-hydrogen) atoms. The van der Waals surface area contributed by atoms with Crippen LogP contribution in [0, 0.1) is 0 Å². The molecule has 1 rings (SSSR count). The second kappa shape index (κ2) is 5.17. The molecule has 0 atom stereocenters. The normalized spacial score (nSPS) is 9.50. The molecule has 3 heteroatoms. The summed E-state index contributed by atoms with van der Waals surface area (Å²) in [6.07, 6.45) is 0.936. The van der Waals surface area contributed by atoms with E-state index in [1.165, 1.54) is 0 Å². The van der Waals surface area contributed by atoms with Gasteiger partial charge in [-0.15, -0.1) is 0 Å². The van der Waals surface area contributed by atoms with Crippen LogP contribution in [0.3, 0.4) is 0 Å². The van der Waals surface area contributed by atoms with Crippen LogP contribution >= 0.6 is 0 Å². The topological polar surface area (TPSA) is 41.5 Å². The van der Waals surface area contributed by atoms with Gasteiger partial charge in [0.05, 0.1) is 5.69 Å². The van der Waals surface area contributed by atoms with Crippen molar-refractivity contribution in [1.29, 1.82) is 0 Å². The Kier molecular flexibility index (Phi) is 3.85. The van der Waals surface area contributed by atoms with E-state index in [2.05, 4.69) is 17.0 Å². The first-order valence-corrected chi connectivity index (χ1v) is 4.63. The largest absolute Gasteiger partial charge is 0.352 e. The minimum atomic E-state index is -0.0580. The fourth-order valence-corrected chi connectivity index (χ4v) is 1.09. The number of rotatable bonds is 4. The first-order chi connectivity index (χ1) is 6.77. The average molecular weight is 190 g/mol. The van der Waals surface area contributed by atoms with E-state index in [-0.39, 0.29) is 5.91 Å². The fraction of sp³-hybridized carbons (Fsp3) is 0.273. The van der Waals surface area contributed by atoms with Gasteiger partial charge in [-0.1, -0.05) is 13.0 Å². The quantitative estimate of drug-likeness (QED) is 0.726. The first kappa shape index (κ1) is 10.4. The summed E-state index contributed by atoms with van der Waals surface area (Å²) in [5.74, 6) is -0.0580. The Labute approximate surface area is 83.9 Å². The van der Waals surface area contributed by atoms with Gasteiger partial charge in [0.25, 0.3) is 5.91 Å². The average Bonchev–Trinajstić information content (AvgIpc) is 2.26. The molecule has 0 unspecified atom stereocenters. The first-order valence-electron chi connectivity index (χ1n) is 4.63. The van der Waals surface area contributed by atoms with Crippen LogP contribution in [0.4, 0.5) is 5.69 Å². The third-order valence-electron chi connectivity index (χ3n) is 1.83. The van der Waals surface area contributed by atoms with E-state index in [1.807, 2.05) is 13.0 Å². The van der Waals surface area contributed by atoms with Crippen molar-refractivity contribution in [2.45, 2.75) is 13.3 Å². The number of hydrogen-bond donors (Lipinski definition) is 1. The zero-order chi connectivity index (χ0) is 10.4. The maximum absolute atomic E-state index is 11.5. The zero-order valence-electron chi connectivity index (χ0n) is 8.29. The van der Waals surface area contributed by atoms with Crippen LogP contribution in [0.1, 0.15) is 23.7 Å². The standard InChI is InChI=1S/C11H14N2O/c1-3-7-13-11(14)9-5-4-6-10(8-9)12-2/h4-6,8H,2-3,7H2,1H3,(H,13,14). The molecule has 0 fully saturated rings. The fourth-order valence-electron chi connectivity index (χ4n) is 1.09. The molecule has 0 saturated heterocycles. The van der Waals surface area contributed by atoms with Crippen molar-refractivity contribution in [3.8, 4) is 0 Å². The van der Waals surface area contributed by atoms with Gasteiger partial charge in [0.15, 0.2) is 0 Å². The van der Waals surface area contributed by atoms with E-state index in [9.17, 15) is 4.79 Å². The molecule has 0 aromatic heterocycles. The van der Waals surface area contributed by atoms with Crippen molar-refractivity contribution in [3.63, 3.8) is 0 Å². The number of carbonyl (C=O) groups excluding carboxylic acids is 1. The molecule has 1 aromatic carbocycles. The van der Waals surface area contributed by atoms with E-state index in [0.29, 0.717) is 17.8 Å². The highest BCUT2D eigenvalue weighted by atomic mass is 16.1. The zero-order valence-corrected chi connectivity index (χ0v) is 8.29. The Hall–Kier alpha value is -1.64. The van der Waals surface area contributed by atoms with Gasteiger partial charge in [0.2, 0.25) is 0 Å². The monoisotopic (exact) mass is 190 g/mol. The van der Waals surface area contributed by atoms with Gasteiger partial charge < -0.3 is 5.32 Å². The second-order valence-electron chi connectivity index (χ2n) is 2.96. The van der Waals surface area contributed by atoms with Crippen molar-refractivity contribution in [2.75, 3.05) is 6.54 Å². The lowest BCUT2D eigenvalue weighted by molar-refractivity contribution is 0.0953. The molecule has 0 saturated carbocycles. The maximum Gasteiger partial charge on any atom is 0.251 e. The van der Waals surface area contributed by atoms with Gasteiger partial charge in [-0.25, -0.2) is 0 Å². The van der Waals surface area contributed by atoms with Gasteiger partial charge in [0.1, 0.15) is 0 Å². The third-order valence-corrected chi connectivity index (χ3v) is 1.83. The highest BCUT2D eigenvalue weighted by molar-refractivity contribution is 5.94. The number of amides is 1. The Balaban J connectivity index is 2.74. The smallest absolute Gasteiger partial charge is 0.251 e. The van der Waals surface area contributed by atoms with Crippen LogP contribution in [0.2, 0.25) is 0 Å². The highest BCUT2D eigenvalue weighted by Gasteiger charge is 2.03. The minimum absolute atomic E-state index is 0.0580. The minimum Gasteiger partial charge on any atom is -0.352 e. The molecule has 1 N–H and O–H groups in total. The molecule has 0 bridgehead atoms. The molecule has 0 spiro atoms. The Morgan fingerprint density at radius 2 is 2.36 bits per heavy atom. The SMILES string of the molecule is C=Nc1cccc(C(=O)NCCC)c1. The van der Waals surface area contributed by atoms with Crippen molar-refractivity contribution >= 4 is 18.3 Å². The van der Waals surface area contributed by atoms with Gasteiger partial charge >= 0.3 is 0 Å². The lowest BCUT2D eigenvalue weighted by atomic mass is 10.2. The molecule has 0 radical (unpaired) electrons. The second-order valence-corrected chi connectivity index (χ2v) is 2.96. The number of carbonyl (C=O) groups is 1. The van der Waals surface area contributed by atoms with E-state index >= 15 is 0 Å². The summed E-state index contributed by atoms with van der Waals surface area (Å²) in [6, 6.07) is 7.09. The van der Waals surface area contributed by atoms with Crippen LogP contribution in [0.5, 0.6) is 0 Å².